The molecule has 0 aromatic rings. The first-order valence-corrected chi connectivity index (χ1v) is 8.89. The molecule has 2 aliphatic heterocycles. The first-order chi connectivity index (χ1) is 8.76. The smallest absolute Gasteiger partial charge is 0.191 e. The Labute approximate surface area is 118 Å². The molecule has 2 heterocycles. The molecule has 2 fully saturated rings. The van der Waals surface area contributed by atoms with Gasteiger partial charge in [0, 0.05) is 42.6 Å². The molecule has 0 unspecified atom stereocenters. The van der Waals surface area contributed by atoms with Crippen LogP contribution in [0.2, 0.25) is 0 Å². The summed E-state index contributed by atoms with van der Waals surface area (Å²) < 4.78 is 5.69. The highest BCUT2D eigenvalue weighted by molar-refractivity contribution is 8.00. The van der Waals surface area contributed by atoms with Gasteiger partial charge in [0.05, 0.1) is 6.54 Å². The van der Waals surface area contributed by atoms with Crippen LogP contribution < -0.4 is 5.73 Å². The Hall–Kier alpha value is -0.0700. The number of hydrogen-bond acceptors (Lipinski definition) is 4. The lowest BCUT2D eigenvalue weighted by atomic mass is 9.99. The lowest BCUT2D eigenvalue weighted by molar-refractivity contribution is 0.0794. The van der Waals surface area contributed by atoms with E-state index in [4.69, 9.17) is 10.5 Å². The van der Waals surface area contributed by atoms with Crippen LogP contribution in [0.4, 0.5) is 0 Å². The maximum atomic E-state index is 6.11. The van der Waals surface area contributed by atoms with Gasteiger partial charge in [-0.15, -0.1) is 0 Å². The van der Waals surface area contributed by atoms with Crippen LogP contribution in [0.1, 0.15) is 12.8 Å². The SMILES string of the molecule is CSC1(CN=C(N)N2CCSCC2)CCOCC1. The van der Waals surface area contributed by atoms with Crippen LogP contribution in [0, 0.1) is 0 Å². The van der Waals surface area contributed by atoms with E-state index in [2.05, 4.69) is 16.1 Å². The molecule has 0 aliphatic carbocycles. The first kappa shape index (κ1) is 14.3. The van der Waals surface area contributed by atoms with Crippen molar-refractivity contribution in [2.45, 2.75) is 17.6 Å². The van der Waals surface area contributed by atoms with Gasteiger partial charge in [-0.3, -0.25) is 4.99 Å². The molecular weight excluding hydrogens is 266 g/mol. The zero-order valence-corrected chi connectivity index (χ0v) is 12.7. The molecule has 6 heteroatoms. The van der Waals surface area contributed by atoms with E-state index in [-0.39, 0.29) is 4.75 Å². The van der Waals surface area contributed by atoms with Crippen molar-refractivity contribution in [1.29, 1.82) is 0 Å². The van der Waals surface area contributed by atoms with Crippen LogP contribution >= 0.6 is 23.5 Å². The first-order valence-electron chi connectivity index (χ1n) is 6.51. The zero-order valence-electron chi connectivity index (χ0n) is 11.1. The zero-order chi connectivity index (χ0) is 12.8. The van der Waals surface area contributed by atoms with E-state index in [1.165, 1.54) is 0 Å². The number of aliphatic imine (C=N–C) groups is 1. The van der Waals surface area contributed by atoms with Crippen LogP contribution in [-0.2, 0) is 4.74 Å². The molecule has 0 bridgehead atoms. The van der Waals surface area contributed by atoms with Crippen molar-refractivity contribution in [3.63, 3.8) is 0 Å². The molecule has 0 aromatic carbocycles. The second-order valence-corrected chi connectivity index (χ2v) is 7.27. The minimum Gasteiger partial charge on any atom is -0.381 e. The van der Waals surface area contributed by atoms with Crippen molar-refractivity contribution >= 4 is 29.5 Å². The molecule has 4 nitrogen and oxygen atoms in total. The third kappa shape index (κ3) is 3.71. The molecule has 2 aliphatic rings. The van der Waals surface area contributed by atoms with Gasteiger partial charge in [-0.25, -0.2) is 0 Å². The summed E-state index contributed by atoms with van der Waals surface area (Å²) in [5.74, 6) is 3.06. The van der Waals surface area contributed by atoms with Crippen LogP contribution in [0.25, 0.3) is 0 Å². The molecule has 2 N–H and O–H groups in total. The fraction of sp³-hybridized carbons (Fsp3) is 0.917. The van der Waals surface area contributed by atoms with Crippen LogP contribution in [0.5, 0.6) is 0 Å². The van der Waals surface area contributed by atoms with Gasteiger partial charge in [0.15, 0.2) is 5.96 Å². The summed E-state index contributed by atoms with van der Waals surface area (Å²) in [5, 5.41) is 0. The fourth-order valence-corrected chi connectivity index (χ4v) is 3.96. The normalized spacial score (nSPS) is 25.2. The van der Waals surface area contributed by atoms with Crippen molar-refractivity contribution < 1.29 is 4.74 Å². The second-order valence-electron chi connectivity index (χ2n) is 4.77. The Balaban J connectivity index is 1.90. The molecule has 2 rings (SSSR count). The molecular formula is C12H23N3OS2. The highest BCUT2D eigenvalue weighted by Crippen LogP contribution is 2.34. The van der Waals surface area contributed by atoms with E-state index in [0.717, 1.165) is 63.2 Å². The van der Waals surface area contributed by atoms with Crippen molar-refractivity contribution in [2.24, 2.45) is 10.7 Å². The highest BCUT2D eigenvalue weighted by atomic mass is 32.2. The Kier molecular flexibility index (Phi) is 5.51. The number of thioether (sulfide) groups is 2. The largest absolute Gasteiger partial charge is 0.381 e. The van der Waals surface area contributed by atoms with Gasteiger partial charge in [-0.1, -0.05) is 0 Å². The van der Waals surface area contributed by atoms with Crippen molar-refractivity contribution in [3.05, 3.63) is 0 Å². The van der Waals surface area contributed by atoms with E-state index in [9.17, 15) is 0 Å². The number of hydrogen-bond donors (Lipinski definition) is 1. The third-order valence-electron chi connectivity index (χ3n) is 3.70. The molecule has 104 valence electrons. The maximum Gasteiger partial charge on any atom is 0.191 e. The van der Waals surface area contributed by atoms with Crippen molar-refractivity contribution in [2.75, 3.05) is 50.6 Å². The molecule has 0 spiro atoms. The van der Waals surface area contributed by atoms with Crippen LogP contribution in [-0.4, -0.2) is 66.2 Å². The van der Waals surface area contributed by atoms with Crippen molar-refractivity contribution in [3.8, 4) is 0 Å². The van der Waals surface area contributed by atoms with Gasteiger partial charge in [-0.2, -0.15) is 23.5 Å². The lowest BCUT2D eigenvalue weighted by Gasteiger charge is -2.35. The molecule has 0 amide bonds. The minimum absolute atomic E-state index is 0.243. The van der Waals surface area contributed by atoms with Gasteiger partial charge in [0.1, 0.15) is 0 Å². The van der Waals surface area contributed by atoms with E-state index < -0.39 is 0 Å². The summed E-state index contributed by atoms with van der Waals surface area (Å²) in [7, 11) is 0. The minimum atomic E-state index is 0.243. The average molecular weight is 289 g/mol. The Bertz CT molecular complexity index is 287. The summed E-state index contributed by atoms with van der Waals surface area (Å²) in [6.07, 6.45) is 4.34. The van der Waals surface area contributed by atoms with E-state index in [1.54, 1.807) is 0 Å². The topological polar surface area (TPSA) is 50.8 Å². The van der Waals surface area contributed by atoms with Gasteiger partial charge >= 0.3 is 0 Å². The Morgan fingerprint density at radius 2 is 2.06 bits per heavy atom. The predicted molar refractivity (Wildman–Crippen MR) is 81.7 cm³/mol. The van der Waals surface area contributed by atoms with Crippen LogP contribution in [0.15, 0.2) is 4.99 Å². The van der Waals surface area contributed by atoms with Gasteiger partial charge < -0.3 is 15.4 Å². The monoisotopic (exact) mass is 289 g/mol. The fourth-order valence-electron chi connectivity index (χ4n) is 2.29. The van der Waals surface area contributed by atoms with Crippen molar-refractivity contribution in [1.82, 2.24) is 4.90 Å². The molecule has 18 heavy (non-hydrogen) atoms. The second kappa shape index (κ2) is 6.91. The van der Waals surface area contributed by atoms with E-state index in [0.29, 0.717) is 0 Å². The van der Waals surface area contributed by atoms with Gasteiger partial charge in [0.2, 0.25) is 0 Å². The summed E-state index contributed by atoms with van der Waals surface area (Å²) >= 11 is 3.91. The number of rotatable bonds is 3. The Morgan fingerprint density at radius 3 is 2.67 bits per heavy atom. The Morgan fingerprint density at radius 1 is 1.39 bits per heavy atom. The number of nitrogens with zero attached hydrogens (tertiary/aromatic N) is 2. The number of guanidine groups is 1. The summed E-state index contributed by atoms with van der Waals surface area (Å²) in [6, 6.07) is 0. The van der Waals surface area contributed by atoms with E-state index in [1.807, 2.05) is 23.5 Å². The van der Waals surface area contributed by atoms with Gasteiger partial charge in [0.25, 0.3) is 0 Å². The standard InChI is InChI=1S/C12H23N3OS2/c1-17-12(2-6-16-7-3-12)10-14-11(13)15-4-8-18-9-5-15/h2-10H2,1H3,(H2,13,14). The lowest BCUT2D eigenvalue weighted by Crippen LogP contribution is -2.44. The predicted octanol–water partition coefficient (Wildman–Crippen LogP) is 1.26. The molecule has 0 saturated carbocycles. The molecule has 2 saturated heterocycles. The van der Waals surface area contributed by atoms with E-state index >= 15 is 0 Å². The van der Waals surface area contributed by atoms with Gasteiger partial charge in [-0.05, 0) is 19.1 Å². The third-order valence-corrected chi connectivity index (χ3v) is 6.05. The molecule has 0 radical (unpaired) electrons. The average Bonchev–Trinajstić information content (AvgIpc) is 2.47. The maximum absolute atomic E-state index is 6.11. The molecule has 0 aromatic heterocycles. The molecule has 0 atom stereocenters. The highest BCUT2D eigenvalue weighted by Gasteiger charge is 2.31. The summed E-state index contributed by atoms with van der Waals surface area (Å²) in [4.78, 5) is 6.86. The quantitative estimate of drug-likeness (QED) is 0.626. The summed E-state index contributed by atoms with van der Waals surface area (Å²) in [6.45, 7) is 4.62. The number of nitrogens with two attached hydrogens (primary N) is 1. The number of ether oxygens (including phenoxy) is 1. The van der Waals surface area contributed by atoms with Crippen LogP contribution in [0.3, 0.4) is 0 Å². The summed E-state index contributed by atoms with van der Waals surface area (Å²) in [5.41, 5.74) is 6.11.